The third-order valence-electron chi connectivity index (χ3n) is 3.23. The number of piperidine rings is 1. The molecule has 1 amide bonds. The molecule has 0 saturated carbocycles. The maximum atomic E-state index is 12.1. The zero-order valence-corrected chi connectivity index (χ0v) is 11.9. The second kappa shape index (κ2) is 8.06. The van der Waals surface area contributed by atoms with Crippen LogP contribution in [0.3, 0.4) is 0 Å². The zero-order chi connectivity index (χ0) is 12.8. The largest absolute Gasteiger partial charge is 0.346 e. The van der Waals surface area contributed by atoms with Crippen LogP contribution >= 0.6 is 12.4 Å². The molecule has 0 aromatic carbocycles. The van der Waals surface area contributed by atoms with E-state index >= 15 is 0 Å². The number of rotatable bonds is 5. The van der Waals surface area contributed by atoms with Gasteiger partial charge in [0.15, 0.2) is 5.82 Å². The van der Waals surface area contributed by atoms with E-state index in [1.165, 1.54) is 0 Å². The number of aromatic amines is 1. The highest BCUT2D eigenvalue weighted by Crippen LogP contribution is 2.16. The second-order valence-electron chi connectivity index (χ2n) is 4.66. The second-order valence-corrected chi connectivity index (χ2v) is 4.66. The van der Waals surface area contributed by atoms with E-state index in [9.17, 15) is 4.79 Å². The van der Waals surface area contributed by atoms with E-state index in [2.05, 4.69) is 38.2 Å². The van der Waals surface area contributed by atoms with E-state index in [-0.39, 0.29) is 30.3 Å². The van der Waals surface area contributed by atoms with Crippen LogP contribution in [-0.2, 0) is 4.79 Å². The van der Waals surface area contributed by atoms with Crippen molar-refractivity contribution < 1.29 is 4.79 Å². The van der Waals surface area contributed by atoms with Crippen LogP contribution in [0.4, 0.5) is 0 Å². The summed E-state index contributed by atoms with van der Waals surface area (Å²) in [5.74, 6) is 0.712. The lowest BCUT2D eigenvalue weighted by Gasteiger charge is -2.24. The maximum Gasteiger partial charge on any atom is 0.224 e. The quantitative estimate of drug-likeness (QED) is 0.736. The number of nitrogens with zero attached hydrogens (tertiary/aromatic N) is 3. The third-order valence-corrected chi connectivity index (χ3v) is 3.23. The van der Waals surface area contributed by atoms with Gasteiger partial charge in [-0.25, -0.2) is 0 Å². The average molecular weight is 289 g/mol. The van der Waals surface area contributed by atoms with Crippen LogP contribution in [0.25, 0.3) is 0 Å². The molecule has 3 N–H and O–H groups in total. The van der Waals surface area contributed by atoms with Gasteiger partial charge in [-0.05, 0) is 25.8 Å². The van der Waals surface area contributed by atoms with Crippen LogP contribution in [0, 0.1) is 5.92 Å². The summed E-state index contributed by atoms with van der Waals surface area (Å²) in [7, 11) is 0. The number of nitrogens with one attached hydrogen (secondary N) is 3. The molecule has 1 aliphatic heterocycles. The van der Waals surface area contributed by atoms with Crippen LogP contribution in [0.1, 0.15) is 44.5 Å². The normalized spacial score (nSPS) is 20.4. The summed E-state index contributed by atoms with van der Waals surface area (Å²) in [6.45, 7) is 3.84. The fraction of sp³-hybridized carbons (Fsp3) is 0.818. The number of aromatic nitrogens is 4. The van der Waals surface area contributed by atoms with Crippen molar-refractivity contribution in [3.05, 3.63) is 5.82 Å². The highest BCUT2D eigenvalue weighted by atomic mass is 35.5. The molecule has 8 heteroatoms. The molecule has 108 valence electrons. The molecule has 1 aliphatic rings. The minimum absolute atomic E-state index is 0. The zero-order valence-electron chi connectivity index (χ0n) is 11.1. The fourth-order valence-corrected chi connectivity index (χ4v) is 2.24. The smallest absolute Gasteiger partial charge is 0.224 e. The molecule has 7 nitrogen and oxygen atoms in total. The first kappa shape index (κ1) is 15.8. The van der Waals surface area contributed by atoms with E-state index in [1.54, 1.807) is 0 Å². The van der Waals surface area contributed by atoms with Crippen molar-refractivity contribution >= 4 is 18.3 Å². The number of halogens is 1. The number of carbonyl (C=O) groups is 1. The molecular weight excluding hydrogens is 268 g/mol. The van der Waals surface area contributed by atoms with Gasteiger partial charge in [0.25, 0.3) is 0 Å². The standard InChI is InChI=1S/C11H20N6O.ClH/c1-2-4-9(10-14-16-17-15-10)13-11(18)8-5-3-6-12-7-8;/h8-9,12H,2-7H2,1H3,(H,13,18)(H,14,15,16,17);1H. The first-order chi connectivity index (χ1) is 8.81. The van der Waals surface area contributed by atoms with Crippen LogP contribution in [-0.4, -0.2) is 39.6 Å². The highest BCUT2D eigenvalue weighted by Gasteiger charge is 2.25. The van der Waals surface area contributed by atoms with Gasteiger partial charge in [0.2, 0.25) is 5.91 Å². The first-order valence-corrected chi connectivity index (χ1v) is 6.55. The average Bonchev–Trinajstić information content (AvgIpc) is 2.93. The number of tetrazole rings is 1. The summed E-state index contributed by atoms with van der Waals surface area (Å²) in [5.41, 5.74) is 0. The van der Waals surface area contributed by atoms with Crippen LogP contribution in [0.15, 0.2) is 0 Å². The summed E-state index contributed by atoms with van der Waals surface area (Å²) < 4.78 is 0. The lowest BCUT2D eigenvalue weighted by Crippen LogP contribution is -2.42. The Labute approximate surface area is 118 Å². The molecule has 0 bridgehead atoms. The summed E-state index contributed by atoms with van der Waals surface area (Å²) in [6.07, 6.45) is 3.79. The molecule has 2 atom stereocenters. The Morgan fingerprint density at radius 2 is 2.42 bits per heavy atom. The predicted molar refractivity (Wildman–Crippen MR) is 72.8 cm³/mol. The Bertz CT molecular complexity index is 365. The number of carbonyl (C=O) groups excluding carboxylic acids is 1. The van der Waals surface area contributed by atoms with Gasteiger partial charge in [-0.3, -0.25) is 4.79 Å². The van der Waals surface area contributed by atoms with Gasteiger partial charge in [-0.1, -0.05) is 18.6 Å². The minimum atomic E-state index is -0.136. The Morgan fingerprint density at radius 3 is 3.00 bits per heavy atom. The van der Waals surface area contributed by atoms with Gasteiger partial charge in [0.05, 0.1) is 12.0 Å². The molecule has 0 aliphatic carbocycles. The fourth-order valence-electron chi connectivity index (χ4n) is 2.24. The van der Waals surface area contributed by atoms with E-state index in [0.29, 0.717) is 5.82 Å². The molecule has 19 heavy (non-hydrogen) atoms. The van der Waals surface area contributed by atoms with Gasteiger partial charge in [0, 0.05) is 6.54 Å². The maximum absolute atomic E-state index is 12.1. The topological polar surface area (TPSA) is 95.6 Å². The van der Waals surface area contributed by atoms with Gasteiger partial charge < -0.3 is 10.6 Å². The number of amides is 1. The van der Waals surface area contributed by atoms with Gasteiger partial charge in [-0.2, -0.15) is 5.21 Å². The van der Waals surface area contributed by atoms with Crippen LogP contribution in [0.2, 0.25) is 0 Å². The molecular formula is C11H21ClN6O. The first-order valence-electron chi connectivity index (χ1n) is 6.55. The van der Waals surface area contributed by atoms with Crippen molar-refractivity contribution in [2.75, 3.05) is 13.1 Å². The van der Waals surface area contributed by atoms with E-state index in [4.69, 9.17) is 0 Å². The van der Waals surface area contributed by atoms with E-state index < -0.39 is 0 Å². The molecule has 2 heterocycles. The minimum Gasteiger partial charge on any atom is -0.346 e. The van der Waals surface area contributed by atoms with Crippen molar-refractivity contribution in [1.29, 1.82) is 0 Å². The van der Waals surface area contributed by atoms with Crippen LogP contribution in [0.5, 0.6) is 0 Å². The number of H-pyrrole nitrogens is 1. The Hall–Kier alpha value is -1.21. The molecule has 1 aromatic rings. The lowest BCUT2D eigenvalue weighted by molar-refractivity contribution is -0.126. The van der Waals surface area contributed by atoms with Crippen molar-refractivity contribution in [1.82, 2.24) is 31.3 Å². The monoisotopic (exact) mass is 288 g/mol. The Kier molecular flexibility index (Phi) is 6.72. The van der Waals surface area contributed by atoms with Crippen molar-refractivity contribution in [3.8, 4) is 0 Å². The van der Waals surface area contributed by atoms with Crippen molar-refractivity contribution in [3.63, 3.8) is 0 Å². The lowest BCUT2D eigenvalue weighted by atomic mass is 9.98. The molecule has 2 rings (SSSR count). The SMILES string of the molecule is CCCC(NC(=O)C1CCCNC1)c1nn[nH]n1.Cl. The van der Waals surface area contributed by atoms with Gasteiger partial charge in [0.1, 0.15) is 0 Å². The molecule has 1 fully saturated rings. The third kappa shape index (κ3) is 4.43. The highest BCUT2D eigenvalue weighted by molar-refractivity contribution is 5.85. The summed E-state index contributed by atoms with van der Waals surface area (Å²) in [5, 5.41) is 20.2. The van der Waals surface area contributed by atoms with Crippen molar-refractivity contribution in [2.45, 2.75) is 38.6 Å². The molecule has 0 radical (unpaired) electrons. The molecule has 0 spiro atoms. The number of hydrogen-bond acceptors (Lipinski definition) is 5. The Morgan fingerprint density at radius 1 is 1.58 bits per heavy atom. The Balaban J connectivity index is 0.00000180. The predicted octanol–water partition coefficient (Wildman–Crippen LogP) is 0.578. The molecule has 1 aromatic heterocycles. The van der Waals surface area contributed by atoms with Crippen molar-refractivity contribution in [2.24, 2.45) is 5.92 Å². The summed E-state index contributed by atoms with van der Waals surface area (Å²) in [6, 6.07) is -0.136. The summed E-state index contributed by atoms with van der Waals surface area (Å²) >= 11 is 0. The van der Waals surface area contributed by atoms with Crippen LogP contribution < -0.4 is 10.6 Å². The van der Waals surface area contributed by atoms with Gasteiger partial charge >= 0.3 is 0 Å². The van der Waals surface area contributed by atoms with E-state index in [1.807, 2.05) is 0 Å². The molecule has 1 saturated heterocycles. The van der Waals surface area contributed by atoms with Gasteiger partial charge in [-0.15, -0.1) is 22.6 Å². The molecule has 2 unspecified atom stereocenters. The van der Waals surface area contributed by atoms with E-state index in [0.717, 1.165) is 38.8 Å². The summed E-state index contributed by atoms with van der Waals surface area (Å²) in [4.78, 5) is 12.1. The number of hydrogen-bond donors (Lipinski definition) is 3.